The fourth-order valence-electron chi connectivity index (χ4n) is 1.72. The van der Waals surface area contributed by atoms with Crippen LogP contribution in [0.3, 0.4) is 0 Å². The summed E-state index contributed by atoms with van der Waals surface area (Å²) in [5.74, 6) is 0.806. The Bertz CT molecular complexity index is 489. The first kappa shape index (κ1) is 9.76. The van der Waals surface area contributed by atoms with Gasteiger partial charge in [-0.2, -0.15) is 4.98 Å². The Hall–Kier alpha value is -1.78. The van der Waals surface area contributed by atoms with Gasteiger partial charge in [0.05, 0.1) is 5.56 Å². The van der Waals surface area contributed by atoms with E-state index in [9.17, 15) is 4.79 Å². The Morgan fingerprint density at radius 2 is 2.27 bits per heavy atom. The normalized spacial score (nSPS) is 19.8. The zero-order valence-electron chi connectivity index (χ0n) is 9.03. The fraction of sp³-hybridized carbons (Fsp3) is 0.400. The van der Waals surface area contributed by atoms with Gasteiger partial charge in [0.15, 0.2) is 0 Å². The van der Waals surface area contributed by atoms with Crippen molar-refractivity contribution in [2.24, 2.45) is 0 Å². The second-order valence-electron chi connectivity index (χ2n) is 3.86. The van der Waals surface area contributed by atoms with Gasteiger partial charge < -0.3 is 10.6 Å². The Kier molecular flexibility index (Phi) is 2.03. The van der Waals surface area contributed by atoms with Gasteiger partial charge in [-0.3, -0.25) is 9.78 Å². The van der Waals surface area contributed by atoms with Crippen molar-refractivity contribution in [2.75, 3.05) is 17.7 Å². The topological polar surface area (TPSA) is 75.0 Å². The lowest BCUT2D eigenvalue weighted by Gasteiger charge is -2.31. The van der Waals surface area contributed by atoms with E-state index in [1.54, 1.807) is 0 Å². The predicted octanol–water partition coefficient (Wildman–Crippen LogP) is 0.594. The van der Waals surface area contributed by atoms with Crippen LogP contribution in [0.1, 0.15) is 19.4 Å². The highest BCUT2D eigenvalue weighted by Gasteiger charge is 2.23. The van der Waals surface area contributed by atoms with Crippen molar-refractivity contribution in [3.63, 3.8) is 0 Å². The largest absolute Gasteiger partial charge is 0.369 e. The molecule has 0 saturated heterocycles. The van der Waals surface area contributed by atoms with Crippen LogP contribution < -0.4 is 16.2 Å². The van der Waals surface area contributed by atoms with Crippen molar-refractivity contribution in [3.8, 4) is 0 Å². The zero-order chi connectivity index (χ0) is 11.2. The summed E-state index contributed by atoms with van der Waals surface area (Å²) in [7, 11) is 1.91. The van der Waals surface area contributed by atoms with Crippen molar-refractivity contribution >= 4 is 17.8 Å². The molecule has 0 radical (unpaired) electrons. The standard InChI is InChI=1S/C10H14N4O/c1-5-4-7-8(14(3)6(5)2)12-10(11)13-9(7)15/h4,6H,1-3H3,(H3,11,12,13,15). The predicted molar refractivity (Wildman–Crippen MR) is 60.8 cm³/mol. The molecule has 1 unspecified atom stereocenters. The van der Waals surface area contributed by atoms with E-state index in [2.05, 4.69) is 16.9 Å². The molecule has 0 spiro atoms. The molecule has 1 aliphatic heterocycles. The number of rotatable bonds is 0. The first-order valence-electron chi connectivity index (χ1n) is 4.81. The summed E-state index contributed by atoms with van der Waals surface area (Å²) in [6.45, 7) is 4.06. The molecule has 80 valence electrons. The summed E-state index contributed by atoms with van der Waals surface area (Å²) in [6, 6.07) is 0.242. The fourth-order valence-corrected chi connectivity index (χ4v) is 1.72. The summed E-state index contributed by atoms with van der Waals surface area (Å²) in [5, 5.41) is 0. The van der Waals surface area contributed by atoms with E-state index in [0.717, 1.165) is 5.57 Å². The first-order valence-corrected chi connectivity index (χ1v) is 4.81. The van der Waals surface area contributed by atoms with Crippen molar-refractivity contribution < 1.29 is 0 Å². The minimum atomic E-state index is -0.185. The molecule has 2 rings (SSSR count). The molecule has 0 aromatic carbocycles. The first-order chi connectivity index (χ1) is 7.00. The van der Waals surface area contributed by atoms with Gasteiger partial charge in [0.1, 0.15) is 5.82 Å². The number of aromatic nitrogens is 2. The number of nitrogens with one attached hydrogen (secondary N) is 1. The number of likely N-dealkylation sites (N-methyl/N-ethyl adjacent to an activating group) is 1. The van der Waals surface area contributed by atoms with Crippen molar-refractivity contribution in [1.82, 2.24) is 9.97 Å². The Balaban J connectivity index is 2.72. The summed E-state index contributed by atoms with van der Waals surface area (Å²) < 4.78 is 0. The molecular weight excluding hydrogens is 192 g/mol. The van der Waals surface area contributed by atoms with Crippen LogP contribution in [0, 0.1) is 0 Å². The number of hydrogen-bond acceptors (Lipinski definition) is 4. The van der Waals surface area contributed by atoms with Crippen LogP contribution in [0.25, 0.3) is 6.08 Å². The summed E-state index contributed by atoms with van der Waals surface area (Å²) in [5.41, 5.74) is 7.05. The van der Waals surface area contributed by atoms with Gasteiger partial charge in [-0.15, -0.1) is 0 Å². The molecule has 0 bridgehead atoms. The molecule has 1 aromatic heterocycles. The molecular formula is C10H14N4O. The molecule has 1 aromatic rings. The molecule has 3 N–H and O–H groups in total. The lowest BCUT2D eigenvalue weighted by atomic mass is 10.0. The zero-order valence-corrected chi connectivity index (χ0v) is 9.03. The van der Waals surface area contributed by atoms with Crippen LogP contribution in [0.15, 0.2) is 10.4 Å². The Morgan fingerprint density at radius 3 is 2.93 bits per heavy atom. The second kappa shape index (κ2) is 3.12. The number of nitrogen functional groups attached to an aromatic ring is 1. The van der Waals surface area contributed by atoms with Gasteiger partial charge in [-0.1, -0.05) is 5.57 Å². The van der Waals surface area contributed by atoms with Gasteiger partial charge in [-0.05, 0) is 19.9 Å². The number of anilines is 2. The van der Waals surface area contributed by atoms with Crippen LogP contribution >= 0.6 is 0 Å². The SMILES string of the molecule is CC1=Cc2c(nc(N)[nH]c2=O)N(C)C1C. The maximum atomic E-state index is 11.6. The highest BCUT2D eigenvalue weighted by atomic mass is 16.1. The minimum absolute atomic E-state index is 0.158. The maximum absolute atomic E-state index is 11.6. The summed E-state index contributed by atoms with van der Waals surface area (Å²) in [6.07, 6.45) is 1.87. The Labute approximate surface area is 87.6 Å². The maximum Gasteiger partial charge on any atom is 0.261 e. The molecule has 1 aliphatic rings. The molecule has 2 heterocycles. The van der Waals surface area contributed by atoms with Crippen LogP contribution in [0.2, 0.25) is 0 Å². The van der Waals surface area contributed by atoms with Crippen molar-refractivity contribution in [1.29, 1.82) is 0 Å². The molecule has 15 heavy (non-hydrogen) atoms. The summed E-state index contributed by atoms with van der Waals surface area (Å²) in [4.78, 5) is 20.2. The van der Waals surface area contributed by atoms with E-state index in [1.165, 1.54) is 0 Å². The highest BCUT2D eigenvalue weighted by Crippen LogP contribution is 2.27. The van der Waals surface area contributed by atoms with Crippen LogP contribution in [0.5, 0.6) is 0 Å². The molecule has 0 amide bonds. The van der Waals surface area contributed by atoms with E-state index >= 15 is 0 Å². The van der Waals surface area contributed by atoms with Crippen molar-refractivity contribution in [3.05, 3.63) is 21.5 Å². The monoisotopic (exact) mass is 206 g/mol. The number of aromatic amines is 1. The van der Waals surface area contributed by atoms with Crippen LogP contribution in [0.4, 0.5) is 11.8 Å². The average molecular weight is 206 g/mol. The quantitative estimate of drug-likeness (QED) is 0.651. The average Bonchev–Trinajstić information content (AvgIpc) is 2.17. The van der Waals surface area contributed by atoms with E-state index < -0.39 is 0 Å². The van der Waals surface area contributed by atoms with E-state index in [-0.39, 0.29) is 17.5 Å². The van der Waals surface area contributed by atoms with Gasteiger partial charge >= 0.3 is 0 Å². The minimum Gasteiger partial charge on any atom is -0.369 e. The van der Waals surface area contributed by atoms with E-state index in [4.69, 9.17) is 5.73 Å². The van der Waals surface area contributed by atoms with E-state index in [1.807, 2.05) is 24.9 Å². The number of nitrogens with zero attached hydrogens (tertiary/aromatic N) is 2. The molecule has 5 heteroatoms. The lowest BCUT2D eigenvalue weighted by Crippen LogP contribution is -2.36. The molecule has 0 aliphatic carbocycles. The Morgan fingerprint density at radius 1 is 1.60 bits per heavy atom. The van der Waals surface area contributed by atoms with Crippen LogP contribution in [-0.2, 0) is 0 Å². The third kappa shape index (κ3) is 1.40. The molecule has 0 saturated carbocycles. The number of nitrogens with two attached hydrogens (primary N) is 1. The van der Waals surface area contributed by atoms with Gasteiger partial charge in [0, 0.05) is 13.1 Å². The second-order valence-corrected chi connectivity index (χ2v) is 3.86. The summed E-state index contributed by atoms with van der Waals surface area (Å²) >= 11 is 0. The molecule has 0 fully saturated rings. The van der Waals surface area contributed by atoms with Gasteiger partial charge in [0.2, 0.25) is 5.95 Å². The molecule has 1 atom stereocenters. The third-order valence-electron chi connectivity index (χ3n) is 2.90. The van der Waals surface area contributed by atoms with Gasteiger partial charge in [0.25, 0.3) is 5.56 Å². The van der Waals surface area contributed by atoms with Crippen molar-refractivity contribution in [2.45, 2.75) is 19.9 Å². The van der Waals surface area contributed by atoms with Gasteiger partial charge in [-0.25, -0.2) is 0 Å². The molecule has 5 nitrogen and oxygen atoms in total. The van der Waals surface area contributed by atoms with Crippen LogP contribution in [-0.4, -0.2) is 23.1 Å². The third-order valence-corrected chi connectivity index (χ3v) is 2.90. The highest BCUT2D eigenvalue weighted by molar-refractivity contribution is 5.70. The van der Waals surface area contributed by atoms with E-state index in [0.29, 0.717) is 11.4 Å². The smallest absolute Gasteiger partial charge is 0.261 e. The number of H-pyrrole nitrogens is 1. The number of fused-ring (bicyclic) bond motifs is 1. The number of hydrogen-bond donors (Lipinski definition) is 2. The lowest BCUT2D eigenvalue weighted by molar-refractivity contribution is 0.756.